The number of likely N-dealkylation sites (tertiary alicyclic amines) is 1. The van der Waals surface area contributed by atoms with Crippen molar-refractivity contribution in [2.75, 3.05) is 19.6 Å². The fraction of sp³-hybridized carbons (Fsp3) is 0.500. The van der Waals surface area contributed by atoms with Crippen LogP contribution in [0, 0.1) is 17.6 Å². The lowest BCUT2D eigenvalue weighted by molar-refractivity contribution is -0.139. The smallest absolute Gasteiger partial charge is 0.254 e. The van der Waals surface area contributed by atoms with Crippen LogP contribution in [0.5, 0.6) is 11.5 Å². The number of carbonyl (C=O) groups excluding carboxylic acids is 2. The van der Waals surface area contributed by atoms with E-state index in [0.717, 1.165) is 30.5 Å². The number of ether oxygens (including phenoxy) is 1. The summed E-state index contributed by atoms with van der Waals surface area (Å²) in [5.74, 6) is -1.60. The number of halogens is 2. The molecule has 2 aliphatic heterocycles. The van der Waals surface area contributed by atoms with Gasteiger partial charge in [-0.15, -0.1) is 0 Å². The molecule has 5 rings (SSSR count). The Morgan fingerprint density at radius 1 is 1.00 bits per heavy atom. The van der Waals surface area contributed by atoms with Gasteiger partial charge in [0.15, 0.2) is 11.6 Å². The van der Waals surface area contributed by atoms with Crippen molar-refractivity contribution in [1.82, 2.24) is 15.1 Å². The Bertz CT molecular complexity index is 1140. The van der Waals surface area contributed by atoms with Gasteiger partial charge in [0.1, 0.15) is 17.6 Å². The third-order valence-corrected chi connectivity index (χ3v) is 7.39. The minimum absolute atomic E-state index is 0.00691. The number of fused-ring (bicyclic) bond motifs is 1. The number of hydrogen-bond acceptors (Lipinski definition) is 4. The molecule has 1 saturated heterocycles. The van der Waals surface area contributed by atoms with Crippen LogP contribution in [0.3, 0.4) is 0 Å². The molecule has 3 aliphatic rings. The molecule has 36 heavy (non-hydrogen) atoms. The summed E-state index contributed by atoms with van der Waals surface area (Å²) in [5.41, 5.74) is 1.32. The van der Waals surface area contributed by atoms with Gasteiger partial charge in [-0.05, 0) is 67.9 Å². The quantitative estimate of drug-likeness (QED) is 0.611. The maximum atomic E-state index is 14.1. The molecule has 6 nitrogen and oxygen atoms in total. The first-order valence-electron chi connectivity index (χ1n) is 12.9. The van der Waals surface area contributed by atoms with Gasteiger partial charge in [0.2, 0.25) is 5.91 Å². The summed E-state index contributed by atoms with van der Waals surface area (Å²) < 4.78 is 32.9. The maximum absolute atomic E-state index is 14.1. The second-order valence-electron chi connectivity index (χ2n) is 10.5. The lowest BCUT2D eigenvalue weighted by Crippen LogP contribution is -2.57. The summed E-state index contributed by atoms with van der Waals surface area (Å²) in [7, 11) is 0. The first-order chi connectivity index (χ1) is 17.3. The van der Waals surface area contributed by atoms with Gasteiger partial charge in [0.05, 0.1) is 0 Å². The Balaban J connectivity index is 1.31. The molecule has 2 amide bonds. The largest absolute Gasteiger partial charge is 0.454 e. The molecule has 0 radical (unpaired) electrons. The number of nitrogens with zero attached hydrogens (tertiary/aromatic N) is 2. The van der Waals surface area contributed by atoms with Gasteiger partial charge >= 0.3 is 0 Å². The van der Waals surface area contributed by atoms with E-state index < -0.39 is 17.7 Å². The molecule has 2 aromatic carbocycles. The molecule has 0 spiro atoms. The van der Waals surface area contributed by atoms with Crippen molar-refractivity contribution < 1.29 is 23.1 Å². The Hall–Kier alpha value is -3.00. The first kappa shape index (κ1) is 24.7. The third-order valence-electron chi connectivity index (χ3n) is 7.39. The van der Waals surface area contributed by atoms with Gasteiger partial charge in [-0.1, -0.05) is 19.9 Å². The number of amides is 2. The summed E-state index contributed by atoms with van der Waals surface area (Å²) in [6, 6.07) is 8.72. The lowest BCUT2D eigenvalue weighted by atomic mass is 9.92. The monoisotopic (exact) mass is 497 g/mol. The molecule has 192 valence electrons. The van der Waals surface area contributed by atoms with Crippen LogP contribution in [-0.4, -0.2) is 59.4 Å². The van der Waals surface area contributed by atoms with Crippen molar-refractivity contribution in [3.8, 4) is 11.5 Å². The maximum Gasteiger partial charge on any atom is 0.254 e. The zero-order chi connectivity index (χ0) is 25.4. The van der Waals surface area contributed by atoms with E-state index in [2.05, 4.69) is 5.32 Å². The van der Waals surface area contributed by atoms with Crippen molar-refractivity contribution >= 4 is 11.8 Å². The van der Waals surface area contributed by atoms with Gasteiger partial charge < -0.3 is 19.9 Å². The fourth-order valence-electron chi connectivity index (χ4n) is 5.30. The van der Waals surface area contributed by atoms with Crippen LogP contribution in [0.15, 0.2) is 36.4 Å². The number of hydrogen-bond donors (Lipinski definition) is 1. The highest BCUT2D eigenvalue weighted by atomic mass is 19.1. The predicted molar refractivity (Wildman–Crippen MR) is 132 cm³/mol. The van der Waals surface area contributed by atoms with Gasteiger partial charge in [-0.2, -0.15) is 0 Å². The number of nitrogens with one attached hydrogen (secondary N) is 1. The molecule has 1 atom stereocenters. The van der Waals surface area contributed by atoms with E-state index in [1.807, 2.05) is 18.7 Å². The van der Waals surface area contributed by atoms with Crippen LogP contribution < -0.4 is 10.1 Å². The second kappa shape index (κ2) is 10.2. The van der Waals surface area contributed by atoms with Crippen LogP contribution in [0.25, 0.3) is 0 Å². The Labute approximate surface area is 210 Å². The van der Waals surface area contributed by atoms with Crippen LogP contribution in [-0.2, 0) is 11.2 Å². The Morgan fingerprint density at radius 2 is 1.72 bits per heavy atom. The van der Waals surface area contributed by atoms with E-state index in [0.29, 0.717) is 43.7 Å². The summed E-state index contributed by atoms with van der Waals surface area (Å²) in [6.45, 7) is 5.82. The molecule has 2 aromatic rings. The highest BCUT2D eigenvalue weighted by molar-refractivity contribution is 6.00. The number of benzene rings is 2. The normalized spacial score (nSPS) is 19.4. The summed E-state index contributed by atoms with van der Waals surface area (Å²) in [5, 5.41) is 3.66. The van der Waals surface area contributed by atoms with Gasteiger partial charge in [-0.3, -0.25) is 9.59 Å². The summed E-state index contributed by atoms with van der Waals surface area (Å²) >= 11 is 0. The minimum Gasteiger partial charge on any atom is -0.454 e. The number of rotatable bonds is 7. The highest BCUT2D eigenvalue weighted by Crippen LogP contribution is 2.31. The predicted octanol–water partition coefficient (Wildman–Crippen LogP) is 4.52. The number of carbonyl (C=O) groups is 2. The average molecular weight is 498 g/mol. The van der Waals surface area contributed by atoms with E-state index in [4.69, 9.17) is 4.74 Å². The SMILES string of the molecule is CC(C)C(C(=O)N1CCC(NC2CC2)CC1)N1CCc2ccc(Oc3ccc(F)cc3F)cc2C1=O. The van der Waals surface area contributed by atoms with Crippen LogP contribution >= 0.6 is 0 Å². The van der Waals surface area contributed by atoms with Crippen molar-refractivity contribution in [1.29, 1.82) is 0 Å². The van der Waals surface area contributed by atoms with Gasteiger partial charge in [0, 0.05) is 43.3 Å². The molecule has 2 fully saturated rings. The van der Waals surface area contributed by atoms with Crippen molar-refractivity contribution in [3.05, 3.63) is 59.2 Å². The fourth-order valence-corrected chi connectivity index (χ4v) is 5.30. The molecule has 1 saturated carbocycles. The second-order valence-corrected chi connectivity index (χ2v) is 10.5. The lowest BCUT2D eigenvalue weighted by Gasteiger charge is -2.41. The van der Waals surface area contributed by atoms with E-state index in [9.17, 15) is 18.4 Å². The van der Waals surface area contributed by atoms with Gasteiger partial charge in [0.25, 0.3) is 5.91 Å². The van der Waals surface area contributed by atoms with E-state index >= 15 is 0 Å². The minimum atomic E-state index is -0.817. The zero-order valence-corrected chi connectivity index (χ0v) is 20.8. The summed E-state index contributed by atoms with van der Waals surface area (Å²) in [4.78, 5) is 30.8. The Kier molecular flexibility index (Phi) is 6.97. The molecular weight excluding hydrogens is 464 g/mol. The standard InChI is InChI=1S/C28H33F2N3O3/c1-17(2)26(28(35)32-12-10-21(11-13-32)31-20-5-6-20)33-14-9-18-3-7-22(16-23(18)27(33)34)36-25-8-4-19(29)15-24(25)30/h3-4,7-8,15-17,20-21,26,31H,5-6,9-14H2,1-2H3. The van der Waals surface area contributed by atoms with E-state index in [1.54, 1.807) is 23.1 Å². The van der Waals surface area contributed by atoms with Crippen molar-refractivity contribution in [2.24, 2.45) is 5.92 Å². The van der Waals surface area contributed by atoms with E-state index in [-0.39, 0.29) is 29.2 Å². The number of piperidine rings is 1. The van der Waals surface area contributed by atoms with Crippen LogP contribution in [0.2, 0.25) is 0 Å². The molecule has 8 heteroatoms. The van der Waals surface area contributed by atoms with Crippen molar-refractivity contribution in [2.45, 2.75) is 64.1 Å². The van der Waals surface area contributed by atoms with Crippen LogP contribution in [0.4, 0.5) is 8.78 Å². The average Bonchev–Trinajstić information content (AvgIpc) is 3.67. The first-order valence-corrected chi connectivity index (χ1v) is 12.9. The Morgan fingerprint density at radius 3 is 2.39 bits per heavy atom. The molecule has 1 aliphatic carbocycles. The molecule has 1 N–H and O–H groups in total. The van der Waals surface area contributed by atoms with Crippen molar-refractivity contribution in [3.63, 3.8) is 0 Å². The molecule has 0 bridgehead atoms. The molecular formula is C28H33F2N3O3. The van der Waals surface area contributed by atoms with E-state index in [1.165, 1.54) is 18.9 Å². The zero-order valence-electron chi connectivity index (χ0n) is 20.8. The topological polar surface area (TPSA) is 61.9 Å². The van der Waals surface area contributed by atoms with Crippen LogP contribution in [0.1, 0.15) is 55.5 Å². The molecule has 2 heterocycles. The molecule has 0 aromatic heterocycles. The highest BCUT2D eigenvalue weighted by Gasteiger charge is 2.39. The molecule has 1 unspecified atom stereocenters. The third kappa shape index (κ3) is 5.24. The van der Waals surface area contributed by atoms with Gasteiger partial charge in [-0.25, -0.2) is 8.78 Å². The summed E-state index contributed by atoms with van der Waals surface area (Å²) in [6.07, 6.45) is 4.99.